The Morgan fingerprint density at radius 1 is 0.526 bits per heavy atom. The number of aliphatic hydroxyl groups is 10. The molecule has 8 amide bonds. The molecule has 0 spiro atoms. The number of hydroxylamine groups is 2. The summed E-state index contributed by atoms with van der Waals surface area (Å²) >= 11 is 0. The minimum atomic E-state index is -1.84. The van der Waals surface area contributed by atoms with Crippen LogP contribution in [0.5, 0.6) is 0 Å². The SMILES string of the molecule is N[C@@H](CCC(=O)NC[C@H](O)[C@@H](O)[C@H](O)[C@H](O)CO)C(=O)O.O=C(CCCCCN1C(=O)C=CC1=O)C[C@@H](CCC(=O)NC[C@H](O)[C@@H](O)[C@H](O)[C@H](O)CO)C(=O)O.O=C(CCCCCN1C(=O)C=CC1=O)ON1C(=O)CCC1=O. The van der Waals surface area contributed by atoms with Gasteiger partial charge in [0.1, 0.15) is 48.4 Å². The maximum atomic E-state index is 12.1. The monoisotopic (exact) mass is 1120 g/mol. The van der Waals surface area contributed by atoms with Gasteiger partial charge in [-0.3, -0.25) is 62.5 Å². The van der Waals surface area contributed by atoms with Gasteiger partial charge in [0.15, 0.2) is 0 Å². The highest BCUT2D eigenvalue weighted by atomic mass is 16.7. The number of nitrogens with two attached hydrogens (primary N) is 1. The number of carbonyl (C=O) groups excluding carboxylic acids is 10. The van der Waals surface area contributed by atoms with Crippen molar-refractivity contribution in [3.63, 3.8) is 0 Å². The van der Waals surface area contributed by atoms with E-state index in [1.54, 1.807) is 0 Å². The number of nitrogens with zero attached hydrogens (tertiary/aromatic N) is 3. The first-order valence-electron chi connectivity index (χ1n) is 24.7. The van der Waals surface area contributed by atoms with Crippen molar-refractivity contribution in [3.05, 3.63) is 24.3 Å². The average Bonchev–Trinajstić information content (AvgIpc) is 4.03. The number of hydrogen-bond acceptors (Lipinski definition) is 24. The molecule has 31 heteroatoms. The molecule has 1 saturated heterocycles. The molecule has 0 aliphatic carbocycles. The Morgan fingerprint density at radius 3 is 1.29 bits per heavy atom. The molecule has 0 radical (unpaired) electrons. The molecule has 0 unspecified atom stereocenters. The van der Waals surface area contributed by atoms with E-state index in [1.807, 2.05) is 0 Å². The molecule has 440 valence electrons. The van der Waals surface area contributed by atoms with E-state index in [-0.39, 0.29) is 93.7 Å². The highest BCUT2D eigenvalue weighted by Crippen LogP contribution is 2.17. The number of nitrogens with one attached hydrogen (secondary N) is 2. The molecular weight excluding hydrogens is 1050 g/mol. The minimum absolute atomic E-state index is 0.0667. The summed E-state index contributed by atoms with van der Waals surface area (Å²) in [5.74, 6) is -8.12. The average molecular weight is 1120 g/mol. The van der Waals surface area contributed by atoms with Gasteiger partial charge in [0.2, 0.25) is 11.8 Å². The number of imide groups is 3. The Kier molecular flexibility index (Phi) is 32.6. The molecule has 1 fully saturated rings. The molecule has 3 rings (SSSR count). The van der Waals surface area contributed by atoms with Crippen LogP contribution in [0.15, 0.2) is 24.3 Å². The zero-order valence-corrected chi connectivity index (χ0v) is 42.5. The van der Waals surface area contributed by atoms with E-state index in [0.717, 1.165) is 9.80 Å². The van der Waals surface area contributed by atoms with E-state index < -0.39 is 129 Å². The number of amides is 8. The summed E-state index contributed by atoms with van der Waals surface area (Å²) in [4.78, 5) is 144. The van der Waals surface area contributed by atoms with Gasteiger partial charge in [-0.15, -0.1) is 5.06 Å². The molecule has 10 atom stereocenters. The van der Waals surface area contributed by atoms with Crippen molar-refractivity contribution in [3.8, 4) is 0 Å². The third-order valence-corrected chi connectivity index (χ3v) is 11.8. The predicted molar refractivity (Wildman–Crippen MR) is 259 cm³/mol. The summed E-state index contributed by atoms with van der Waals surface area (Å²) in [6.07, 6.45) is -6.28. The normalized spacial score (nSPS) is 17.9. The lowest BCUT2D eigenvalue weighted by atomic mass is 9.94. The quantitative estimate of drug-likeness (QED) is 0.0207. The second-order valence-corrected chi connectivity index (χ2v) is 18.0. The molecular formula is C47H72N6O25. The second-order valence-electron chi connectivity index (χ2n) is 18.0. The van der Waals surface area contributed by atoms with Gasteiger partial charge >= 0.3 is 17.9 Å². The molecule has 3 aliphatic heterocycles. The first kappa shape index (κ1) is 69.5. The van der Waals surface area contributed by atoms with Crippen LogP contribution >= 0.6 is 0 Å². The molecule has 0 aromatic heterocycles. The predicted octanol–water partition coefficient (Wildman–Crippen LogP) is -6.73. The first-order valence-corrected chi connectivity index (χ1v) is 24.7. The van der Waals surface area contributed by atoms with E-state index in [0.29, 0.717) is 50.1 Å². The fraction of sp³-hybridized carbons (Fsp3) is 0.660. The van der Waals surface area contributed by atoms with Crippen molar-refractivity contribution < 1.29 is 124 Å². The van der Waals surface area contributed by atoms with Gasteiger partial charge in [0.25, 0.3) is 35.4 Å². The van der Waals surface area contributed by atoms with Crippen LogP contribution in [-0.4, -0.2) is 241 Å². The van der Waals surface area contributed by atoms with E-state index in [2.05, 4.69) is 10.6 Å². The lowest BCUT2D eigenvalue weighted by Gasteiger charge is -2.25. The van der Waals surface area contributed by atoms with Crippen molar-refractivity contribution in [2.45, 2.75) is 151 Å². The zero-order valence-electron chi connectivity index (χ0n) is 42.5. The Balaban J connectivity index is 0.000000614. The molecule has 0 aromatic carbocycles. The molecule has 16 N–H and O–H groups in total. The topological polar surface area (TPSA) is 517 Å². The second kappa shape index (κ2) is 36.6. The van der Waals surface area contributed by atoms with Crippen LogP contribution in [0.4, 0.5) is 0 Å². The number of carboxylic acid groups (broad SMARTS) is 2. The number of rotatable bonds is 35. The molecule has 3 heterocycles. The summed E-state index contributed by atoms with van der Waals surface area (Å²) in [6, 6.07) is -1.17. The first-order chi connectivity index (χ1) is 36.7. The van der Waals surface area contributed by atoms with Gasteiger partial charge in [-0.1, -0.05) is 12.8 Å². The number of aliphatic carboxylic acids is 2. The maximum Gasteiger partial charge on any atom is 0.333 e. The number of ketones is 1. The van der Waals surface area contributed by atoms with Crippen molar-refractivity contribution in [1.82, 2.24) is 25.5 Å². The van der Waals surface area contributed by atoms with Gasteiger partial charge in [-0.2, -0.15) is 0 Å². The smallest absolute Gasteiger partial charge is 0.333 e. The summed E-state index contributed by atoms with van der Waals surface area (Å²) in [7, 11) is 0. The Morgan fingerprint density at radius 2 is 0.910 bits per heavy atom. The van der Waals surface area contributed by atoms with Crippen LogP contribution in [0.25, 0.3) is 0 Å². The number of unbranched alkanes of at least 4 members (excludes halogenated alkanes) is 4. The number of hydrogen-bond donors (Lipinski definition) is 15. The molecule has 0 bridgehead atoms. The molecule has 0 aromatic rings. The van der Waals surface area contributed by atoms with Crippen molar-refractivity contribution in [1.29, 1.82) is 0 Å². The lowest BCUT2D eigenvalue weighted by Crippen LogP contribution is -2.49. The van der Waals surface area contributed by atoms with Crippen LogP contribution < -0.4 is 16.4 Å². The fourth-order valence-electron chi connectivity index (χ4n) is 6.98. The lowest BCUT2D eigenvalue weighted by molar-refractivity contribution is -0.197. The van der Waals surface area contributed by atoms with Crippen LogP contribution in [0.1, 0.15) is 96.3 Å². The minimum Gasteiger partial charge on any atom is -0.481 e. The number of carbonyl (C=O) groups is 12. The van der Waals surface area contributed by atoms with Gasteiger partial charge in [0, 0.05) is 95.4 Å². The Bertz CT molecular complexity index is 2070. The third kappa shape index (κ3) is 25.8. The Labute approximate surface area is 445 Å². The van der Waals surface area contributed by atoms with Gasteiger partial charge in [-0.05, 0) is 38.5 Å². The number of Topliss-reactive ketones (excluding diaryl/α,β-unsaturated/α-hetero) is 1. The van der Waals surface area contributed by atoms with Crippen LogP contribution in [0.3, 0.4) is 0 Å². The van der Waals surface area contributed by atoms with Gasteiger partial charge < -0.3 is 82.5 Å². The number of carboxylic acids is 2. The van der Waals surface area contributed by atoms with Crippen molar-refractivity contribution >= 4 is 70.9 Å². The van der Waals surface area contributed by atoms with Crippen LogP contribution in [0, 0.1) is 5.92 Å². The zero-order chi connectivity index (χ0) is 59.2. The summed E-state index contributed by atoms with van der Waals surface area (Å²) in [5, 5.41) is 116. The van der Waals surface area contributed by atoms with Crippen molar-refractivity contribution in [2.24, 2.45) is 11.7 Å². The highest BCUT2D eigenvalue weighted by molar-refractivity contribution is 6.13. The third-order valence-electron chi connectivity index (χ3n) is 11.8. The summed E-state index contributed by atoms with van der Waals surface area (Å²) in [6.45, 7) is -2.00. The summed E-state index contributed by atoms with van der Waals surface area (Å²) < 4.78 is 0. The molecule has 3 aliphatic rings. The van der Waals surface area contributed by atoms with E-state index >= 15 is 0 Å². The molecule has 31 nitrogen and oxygen atoms in total. The van der Waals surface area contributed by atoms with Crippen LogP contribution in [-0.2, 0) is 62.4 Å². The molecule has 78 heavy (non-hydrogen) atoms. The Hall–Kier alpha value is -6.52. The van der Waals surface area contributed by atoms with E-state index in [1.165, 1.54) is 24.3 Å². The van der Waals surface area contributed by atoms with E-state index in [9.17, 15) is 98.4 Å². The van der Waals surface area contributed by atoms with Crippen molar-refractivity contribution in [2.75, 3.05) is 39.4 Å². The largest absolute Gasteiger partial charge is 0.481 e. The number of aliphatic hydroxyl groups excluding tert-OH is 10. The standard InChI is InChI=1S/C22H34N2O11.C14H16N2O6.C11H22N2O8/c25-12-16(28)21(33)20(32)15(27)11-23-17(29)6-5-13(22(34)35)10-14(26)4-2-1-3-9-24-18(30)7-8-19(24)31;17-10-5-6-11(18)15(10)9-3-1-2-4-14(21)22-16-12(19)7-8-13(16)20;12-5(11(20)21)1-2-8(17)13-3-6(15)9(18)10(19)7(16)4-14/h7-8,13,15-16,20-21,25,27-28,32-33H,1-6,9-12H2,(H,23,29)(H,34,35);5-6H,1-4,7-9H2;5-7,9-10,14-16,18-19H,1-4,12H2,(H,13,17)(H,20,21)/t13-,15+,16-,20-,21-;;5-,6-,7+,9+,10+/m1.0/s1. The fourth-order valence-corrected chi connectivity index (χ4v) is 6.98. The highest BCUT2D eigenvalue weighted by Gasteiger charge is 2.34. The van der Waals surface area contributed by atoms with Gasteiger partial charge in [0.05, 0.1) is 31.3 Å². The molecule has 0 saturated carbocycles. The maximum absolute atomic E-state index is 12.1. The van der Waals surface area contributed by atoms with Crippen LogP contribution in [0.2, 0.25) is 0 Å². The van der Waals surface area contributed by atoms with E-state index in [4.69, 9.17) is 31.0 Å². The summed E-state index contributed by atoms with van der Waals surface area (Å²) in [5.41, 5.74) is 5.20. The van der Waals surface area contributed by atoms with Gasteiger partial charge in [-0.25, -0.2) is 4.79 Å².